The lowest BCUT2D eigenvalue weighted by Crippen LogP contribution is -2.33. The van der Waals surface area contributed by atoms with Crippen LogP contribution in [0.4, 0.5) is 5.69 Å². The van der Waals surface area contributed by atoms with Gasteiger partial charge in [-0.1, -0.05) is 12.1 Å². The summed E-state index contributed by atoms with van der Waals surface area (Å²) in [6.45, 7) is 6.77. The maximum absolute atomic E-state index is 9.00. The van der Waals surface area contributed by atoms with Crippen molar-refractivity contribution < 1.29 is 5.11 Å². The van der Waals surface area contributed by atoms with E-state index < -0.39 is 0 Å². The molecule has 112 valence electrons. The van der Waals surface area contributed by atoms with Crippen LogP contribution in [0, 0.1) is 0 Å². The fourth-order valence-electron chi connectivity index (χ4n) is 2.80. The number of nitrogens with zero attached hydrogens (tertiary/aromatic N) is 2. The first kappa shape index (κ1) is 15.3. The Morgan fingerprint density at radius 2 is 1.60 bits per heavy atom. The van der Waals surface area contributed by atoms with E-state index in [2.05, 4.69) is 21.9 Å². The molecule has 1 aliphatic heterocycles. The minimum absolute atomic E-state index is 0.275. The van der Waals surface area contributed by atoms with E-state index in [0.29, 0.717) is 0 Å². The van der Waals surface area contributed by atoms with Crippen molar-refractivity contribution in [1.82, 2.24) is 9.80 Å². The first-order valence-electron chi connectivity index (χ1n) is 7.68. The van der Waals surface area contributed by atoms with E-state index in [1.165, 1.54) is 24.9 Å². The first-order chi connectivity index (χ1) is 9.78. The maximum atomic E-state index is 9.00. The lowest BCUT2D eigenvalue weighted by Gasteiger charge is -2.21. The van der Waals surface area contributed by atoms with Gasteiger partial charge in [0.1, 0.15) is 0 Å². The van der Waals surface area contributed by atoms with Gasteiger partial charge in [-0.05, 0) is 56.6 Å². The molecule has 0 saturated carbocycles. The lowest BCUT2D eigenvalue weighted by atomic mass is 10.1. The molecular formula is C16H27N3O. The fraction of sp³-hybridized carbons (Fsp3) is 0.625. The highest BCUT2D eigenvalue weighted by molar-refractivity contribution is 5.39. The second-order valence-corrected chi connectivity index (χ2v) is 5.61. The number of nitrogen functional groups attached to an aromatic ring is 1. The molecule has 0 unspecified atom stereocenters. The summed E-state index contributed by atoms with van der Waals surface area (Å²) in [5.74, 6) is 0. The van der Waals surface area contributed by atoms with Crippen LogP contribution in [0.5, 0.6) is 0 Å². The van der Waals surface area contributed by atoms with Crippen LogP contribution in [0.2, 0.25) is 0 Å². The molecule has 2 rings (SSSR count). The zero-order valence-electron chi connectivity index (χ0n) is 12.3. The van der Waals surface area contributed by atoms with Gasteiger partial charge in [-0.2, -0.15) is 0 Å². The number of aliphatic hydroxyl groups is 1. The summed E-state index contributed by atoms with van der Waals surface area (Å²) in [6, 6.07) is 8.21. The Hall–Kier alpha value is -1.10. The molecule has 0 spiro atoms. The van der Waals surface area contributed by atoms with Crippen LogP contribution < -0.4 is 5.73 Å². The number of benzene rings is 1. The zero-order valence-corrected chi connectivity index (χ0v) is 12.3. The summed E-state index contributed by atoms with van der Waals surface area (Å²) in [5.41, 5.74) is 7.91. The number of aliphatic hydroxyl groups excluding tert-OH is 1. The molecule has 0 aromatic heterocycles. The highest BCUT2D eigenvalue weighted by atomic mass is 16.3. The van der Waals surface area contributed by atoms with Gasteiger partial charge in [0.25, 0.3) is 0 Å². The van der Waals surface area contributed by atoms with Crippen LogP contribution >= 0.6 is 0 Å². The van der Waals surface area contributed by atoms with Crippen molar-refractivity contribution in [1.29, 1.82) is 0 Å². The van der Waals surface area contributed by atoms with Gasteiger partial charge in [-0.3, -0.25) is 4.90 Å². The third-order valence-corrected chi connectivity index (χ3v) is 4.02. The molecule has 0 atom stereocenters. The molecule has 1 aliphatic rings. The molecular weight excluding hydrogens is 250 g/mol. The maximum Gasteiger partial charge on any atom is 0.0558 e. The molecule has 1 aromatic rings. The molecule has 1 fully saturated rings. The van der Waals surface area contributed by atoms with Crippen LogP contribution in [0.3, 0.4) is 0 Å². The van der Waals surface area contributed by atoms with Gasteiger partial charge in [0.05, 0.1) is 6.61 Å². The van der Waals surface area contributed by atoms with Crippen molar-refractivity contribution >= 4 is 5.69 Å². The van der Waals surface area contributed by atoms with Gasteiger partial charge in [0, 0.05) is 25.3 Å². The topological polar surface area (TPSA) is 52.7 Å². The van der Waals surface area contributed by atoms with Gasteiger partial charge < -0.3 is 15.7 Å². The first-order valence-corrected chi connectivity index (χ1v) is 7.68. The van der Waals surface area contributed by atoms with Crippen LogP contribution in [0.25, 0.3) is 0 Å². The van der Waals surface area contributed by atoms with Crippen molar-refractivity contribution in [3.05, 3.63) is 29.8 Å². The van der Waals surface area contributed by atoms with Crippen molar-refractivity contribution in [2.45, 2.75) is 19.3 Å². The van der Waals surface area contributed by atoms with Crippen molar-refractivity contribution in [3.63, 3.8) is 0 Å². The number of β-amino-alcohol motifs (C(OH)–C–C–N with tert-alkyl or cyclic N) is 1. The predicted molar refractivity (Wildman–Crippen MR) is 83.8 cm³/mol. The summed E-state index contributed by atoms with van der Waals surface area (Å²) < 4.78 is 0. The number of hydrogen-bond acceptors (Lipinski definition) is 4. The Labute approximate surface area is 122 Å². The fourth-order valence-corrected chi connectivity index (χ4v) is 2.80. The quantitative estimate of drug-likeness (QED) is 0.767. The van der Waals surface area contributed by atoms with E-state index in [1.807, 2.05) is 12.1 Å². The number of anilines is 1. The predicted octanol–water partition coefficient (Wildman–Crippen LogP) is 1.20. The molecule has 4 nitrogen and oxygen atoms in total. The standard InChI is InChI=1S/C16H27N3O/c17-16-6-4-15(5-7-16)3-1-8-18-9-2-10-19(12-11-18)13-14-20/h4-7,20H,1-3,8-14,17H2. The van der Waals surface area contributed by atoms with Gasteiger partial charge >= 0.3 is 0 Å². The average Bonchev–Trinajstić information content (AvgIpc) is 2.67. The van der Waals surface area contributed by atoms with E-state index in [-0.39, 0.29) is 6.61 Å². The molecule has 20 heavy (non-hydrogen) atoms. The van der Waals surface area contributed by atoms with E-state index >= 15 is 0 Å². The van der Waals surface area contributed by atoms with Crippen molar-refractivity contribution in [2.75, 3.05) is 51.6 Å². The smallest absolute Gasteiger partial charge is 0.0558 e. The normalized spacial score (nSPS) is 18.1. The van der Waals surface area contributed by atoms with Gasteiger partial charge in [0.2, 0.25) is 0 Å². The monoisotopic (exact) mass is 277 g/mol. The van der Waals surface area contributed by atoms with E-state index in [1.54, 1.807) is 0 Å². The van der Waals surface area contributed by atoms with Crippen molar-refractivity contribution in [2.24, 2.45) is 0 Å². The van der Waals surface area contributed by atoms with Gasteiger partial charge in [0.15, 0.2) is 0 Å². The minimum atomic E-state index is 0.275. The molecule has 4 heteroatoms. The summed E-state index contributed by atoms with van der Waals surface area (Å²) in [7, 11) is 0. The lowest BCUT2D eigenvalue weighted by molar-refractivity contribution is 0.196. The SMILES string of the molecule is Nc1ccc(CCCN2CCCN(CCO)CC2)cc1. The largest absolute Gasteiger partial charge is 0.399 e. The highest BCUT2D eigenvalue weighted by Gasteiger charge is 2.13. The number of nitrogens with two attached hydrogens (primary N) is 1. The van der Waals surface area contributed by atoms with Gasteiger partial charge in [-0.15, -0.1) is 0 Å². The molecule has 0 aliphatic carbocycles. The van der Waals surface area contributed by atoms with E-state index in [9.17, 15) is 0 Å². The Balaban J connectivity index is 1.67. The molecule has 1 saturated heterocycles. The summed E-state index contributed by atoms with van der Waals surface area (Å²) in [6.07, 6.45) is 3.53. The van der Waals surface area contributed by atoms with Crippen LogP contribution in [0.15, 0.2) is 24.3 Å². The van der Waals surface area contributed by atoms with Crippen LogP contribution in [-0.4, -0.2) is 60.8 Å². The molecule has 3 N–H and O–H groups in total. The summed E-state index contributed by atoms with van der Waals surface area (Å²) in [4.78, 5) is 4.91. The second kappa shape index (κ2) is 8.25. The summed E-state index contributed by atoms with van der Waals surface area (Å²) in [5, 5.41) is 9.00. The summed E-state index contributed by atoms with van der Waals surface area (Å²) >= 11 is 0. The minimum Gasteiger partial charge on any atom is -0.399 e. The Kier molecular flexibility index (Phi) is 6.30. The molecule has 1 aromatic carbocycles. The Morgan fingerprint density at radius 3 is 2.25 bits per heavy atom. The average molecular weight is 277 g/mol. The molecule has 0 amide bonds. The Morgan fingerprint density at radius 1 is 0.950 bits per heavy atom. The highest BCUT2D eigenvalue weighted by Crippen LogP contribution is 2.09. The molecule has 1 heterocycles. The molecule has 0 radical (unpaired) electrons. The molecule has 0 bridgehead atoms. The van der Waals surface area contributed by atoms with Crippen LogP contribution in [0.1, 0.15) is 18.4 Å². The Bertz CT molecular complexity index is 380. The second-order valence-electron chi connectivity index (χ2n) is 5.61. The van der Waals surface area contributed by atoms with E-state index in [4.69, 9.17) is 10.8 Å². The third kappa shape index (κ3) is 5.12. The zero-order chi connectivity index (χ0) is 14.2. The van der Waals surface area contributed by atoms with Crippen LogP contribution in [-0.2, 0) is 6.42 Å². The van der Waals surface area contributed by atoms with Crippen molar-refractivity contribution in [3.8, 4) is 0 Å². The van der Waals surface area contributed by atoms with Gasteiger partial charge in [-0.25, -0.2) is 0 Å². The number of hydrogen-bond donors (Lipinski definition) is 2. The number of rotatable bonds is 6. The third-order valence-electron chi connectivity index (χ3n) is 4.02. The van der Waals surface area contributed by atoms with E-state index in [0.717, 1.165) is 44.8 Å². The number of aryl methyl sites for hydroxylation is 1.